The van der Waals surface area contributed by atoms with E-state index in [1.807, 2.05) is 19.1 Å². The summed E-state index contributed by atoms with van der Waals surface area (Å²) in [6.45, 7) is 5.83. The van der Waals surface area contributed by atoms with Gasteiger partial charge in [-0.05, 0) is 18.6 Å². The molecule has 0 bridgehead atoms. The Hall–Kier alpha value is -1.28. The molecule has 0 fully saturated rings. The van der Waals surface area contributed by atoms with Crippen LogP contribution in [0.3, 0.4) is 0 Å². The van der Waals surface area contributed by atoms with E-state index in [2.05, 4.69) is 11.9 Å². The van der Waals surface area contributed by atoms with Crippen molar-refractivity contribution in [2.24, 2.45) is 0 Å². The number of amides is 1. The molecule has 1 rings (SSSR count). The van der Waals surface area contributed by atoms with Crippen molar-refractivity contribution in [3.8, 4) is 0 Å². The zero-order valence-corrected chi connectivity index (χ0v) is 8.77. The van der Waals surface area contributed by atoms with E-state index in [0.717, 1.165) is 5.56 Å². The summed E-state index contributed by atoms with van der Waals surface area (Å²) in [6, 6.07) is 5.38. The first-order valence-corrected chi connectivity index (χ1v) is 4.69. The van der Waals surface area contributed by atoms with Crippen LogP contribution in [0.25, 0.3) is 0 Å². The van der Waals surface area contributed by atoms with Crippen molar-refractivity contribution < 1.29 is 4.79 Å². The maximum absolute atomic E-state index is 11.5. The van der Waals surface area contributed by atoms with Gasteiger partial charge < -0.3 is 5.32 Å². The molecule has 14 heavy (non-hydrogen) atoms. The first kappa shape index (κ1) is 10.8. The van der Waals surface area contributed by atoms with E-state index in [1.54, 1.807) is 12.1 Å². The number of rotatable bonds is 3. The first-order chi connectivity index (χ1) is 6.66. The highest BCUT2D eigenvalue weighted by molar-refractivity contribution is 6.34. The van der Waals surface area contributed by atoms with Crippen LogP contribution in [0.5, 0.6) is 0 Å². The summed E-state index contributed by atoms with van der Waals surface area (Å²) in [6.07, 6.45) is 1.63. The Morgan fingerprint density at radius 3 is 3.00 bits per heavy atom. The molecule has 0 aromatic heterocycles. The Kier molecular flexibility index (Phi) is 3.72. The van der Waals surface area contributed by atoms with Gasteiger partial charge in [0.1, 0.15) is 0 Å². The number of aryl methyl sites for hydroxylation is 1. The molecule has 0 aliphatic rings. The van der Waals surface area contributed by atoms with Gasteiger partial charge in [-0.25, -0.2) is 0 Å². The Labute approximate surface area is 88.6 Å². The summed E-state index contributed by atoms with van der Waals surface area (Å²) in [5.74, 6) is -0.168. The number of carbonyl (C=O) groups is 1. The Morgan fingerprint density at radius 2 is 2.36 bits per heavy atom. The van der Waals surface area contributed by atoms with Crippen molar-refractivity contribution in [2.75, 3.05) is 6.54 Å². The predicted molar refractivity (Wildman–Crippen MR) is 58.7 cm³/mol. The Balaban J connectivity index is 2.89. The number of carbonyl (C=O) groups excluding carboxylic acids is 1. The monoisotopic (exact) mass is 209 g/mol. The van der Waals surface area contributed by atoms with Crippen LogP contribution in [0.4, 0.5) is 0 Å². The molecule has 0 radical (unpaired) electrons. The standard InChI is InChI=1S/C11H12ClNO/c1-3-7-13-11(14)9-6-4-5-8(2)10(9)12/h3-6H,1,7H2,2H3,(H,13,14). The molecule has 0 heterocycles. The molecule has 0 saturated carbocycles. The fraction of sp³-hybridized carbons (Fsp3) is 0.182. The molecule has 74 valence electrons. The molecule has 0 aliphatic carbocycles. The average molecular weight is 210 g/mol. The largest absolute Gasteiger partial charge is 0.349 e. The van der Waals surface area contributed by atoms with Crippen molar-refractivity contribution in [1.29, 1.82) is 0 Å². The molecule has 0 atom stereocenters. The second kappa shape index (κ2) is 4.82. The maximum Gasteiger partial charge on any atom is 0.253 e. The van der Waals surface area contributed by atoms with Crippen LogP contribution >= 0.6 is 11.6 Å². The van der Waals surface area contributed by atoms with E-state index >= 15 is 0 Å². The molecule has 2 nitrogen and oxygen atoms in total. The lowest BCUT2D eigenvalue weighted by Crippen LogP contribution is -2.23. The fourth-order valence-corrected chi connectivity index (χ4v) is 1.29. The van der Waals surface area contributed by atoms with Gasteiger partial charge in [0.05, 0.1) is 10.6 Å². The van der Waals surface area contributed by atoms with Crippen LogP contribution < -0.4 is 5.32 Å². The number of hydrogen-bond donors (Lipinski definition) is 1. The summed E-state index contributed by atoms with van der Waals surface area (Å²) in [5, 5.41) is 3.18. The van der Waals surface area contributed by atoms with Crippen molar-refractivity contribution in [2.45, 2.75) is 6.92 Å². The molecular formula is C11H12ClNO. The van der Waals surface area contributed by atoms with E-state index < -0.39 is 0 Å². The second-order valence-electron chi connectivity index (χ2n) is 2.94. The van der Waals surface area contributed by atoms with E-state index in [0.29, 0.717) is 17.1 Å². The summed E-state index contributed by atoms with van der Waals surface area (Å²) in [4.78, 5) is 11.5. The summed E-state index contributed by atoms with van der Waals surface area (Å²) in [7, 11) is 0. The van der Waals surface area contributed by atoms with E-state index in [9.17, 15) is 4.79 Å². The van der Waals surface area contributed by atoms with Gasteiger partial charge >= 0.3 is 0 Å². The third-order valence-electron chi connectivity index (χ3n) is 1.84. The van der Waals surface area contributed by atoms with Gasteiger partial charge in [0.25, 0.3) is 5.91 Å². The molecule has 0 unspecified atom stereocenters. The van der Waals surface area contributed by atoms with Gasteiger partial charge in [-0.1, -0.05) is 29.8 Å². The quantitative estimate of drug-likeness (QED) is 0.762. The van der Waals surface area contributed by atoms with Crippen molar-refractivity contribution in [3.05, 3.63) is 47.0 Å². The van der Waals surface area contributed by atoms with Gasteiger partial charge in [-0.3, -0.25) is 4.79 Å². The van der Waals surface area contributed by atoms with E-state index in [4.69, 9.17) is 11.6 Å². The summed E-state index contributed by atoms with van der Waals surface area (Å²) >= 11 is 5.98. The molecule has 0 saturated heterocycles. The van der Waals surface area contributed by atoms with Gasteiger partial charge in [-0.2, -0.15) is 0 Å². The third-order valence-corrected chi connectivity index (χ3v) is 2.35. The van der Waals surface area contributed by atoms with Crippen LogP contribution in [0.1, 0.15) is 15.9 Å². The van der Waals surface area contributed by atoms with Crippen LogP contribution in [-0.4, -0.2) is 12.5 Å². The molecule has 3 heteroatoms. The topological polar surface area (TPSA) is 29.1 Å². The molecule has 0 aliphatic heterocycles. The van der Waals surface area contributed by atoms with Crippen molar-refractivity contribution in [3.63, 3.8) is 0 Å². The number of halogens is 1. The number of nitrogens with one attached hydrogen (secondary N) is 1. The highest BCUT2D eigenvalue weighted by Crippen LogP contribution is 2.19. The average Bonchev–Trinajstić information content (AvgIpc) is 2.18. The Morgan fingerprint density at radius 1 is 1.64 bits per heavy atom. The molecule has 1 amide bonds. The first-order valence-electron chi connectivity index (χ1n) is 4.31. The van der Waals surface area contributed by atoms with Crippen LogP contribution in [0.15, 0.2) is 30.9 Å². The maximum atomic E-state index is 11.5. The number of hydrogen-bond acceptors (Lipinski definition) is 1. The zero-order chi connectivity index (χ0) is 10.6. The highest BCUT2D eigenvalue weighted by Gasteiger charge is 2.09. The van der Waals surface area contributed by atoms with Crippen LogP contribution in [-0.2, 0) is 0 Å². The predicted octanol–water partition coefficient (Wildman–Crippen LogP) is 2.56. The summed E-state index contributed by atoms with van der Waals surface area (Å²) < 4.78 is 0. The van der Waals surface area contributed by atoms with Crippen LogP contribution in [0, 0.1) is 6.92 Å². The minimum atomic E-state index is -0.168. The fourth-order valence-electron chi connectivity index (χ4n) is 1.08. The normalized spacial score (nSPS) is 9.57. The van der Waals surface area contributed by atoms with Gasteiger partial charge in [-0.15, -0.1) is 6.58 Å². The lowest BCUT2D eigenvalue weighted by atomic mass is 10.1. The molecule has 1 N–H and O–H groups in total. The zero-order valence-electron chi connectivity index (χ0n) is 8.01. The SMILES string of the molecule is C=CCNC(=O)c1cccc(C)c1Cl. The van der Waals surface area contributed by atoms with Gasteiger partial charge in [0.2, 0.25) is 0 Å². The minimum absolute atomic E-state index is 0.168. The van der Waals surface area contributed by atoms with Crippen molar-refractivity contribution in [1.82, 2.24) is 5.32 Å². The Bertz CT molecular complexity index is 360. The molecule has 0 spiro atoms. The highest BCUT2D eigenvalue weighted by atomic mass is 35.5. The second-order valence-corrected chi connectivity index (χ2v) is 3.31. The molecule has 1 aromatic carbocycles. The summed E-state index contributed by atoms with van der Waals surface area (Å²) in [5.41, 5.74) is 1.41. The van der Waals surface area contributed by atoms with Gasteiger partial charge in [0, 0.05) is 6.54 Å². The number of benzene rings is 1. The smallest absolute Gasteiger partial charge is 0.253 e. The van der Waals surface area contributed by atoms with E-state index in [-0.39, 0.29) is 5.91 Å². The lowest BCUT2D eigenvalue weighted by molar-refractivity contribution is 0.0958. The molecular weight excluding hydrogens is 198 g/mol. The van der Waals surface area contributed by atoms with E-state index in [1.165, 1.54) is 0 Å². The third kappa shape index (κ3) is 2.36. The van der Waals surface area contributed by atoms with Gasteiger partial charge in [0.15, 0.2) is 0 Å². The molecule has 1 aromatic rings. The van der Waals surface area contributed by atoms with Crippen molar-refractivity contribution >= 4 is 17.5 Å². The minimum Gasteiger partial charge on any atom is -0.349 e. The lowest BCUT2D eigenvalue weighted by Gasteiger charge is -2.06. The van der Waals surface area contributed by atoms with Crippen LogP contribution in [0.2, 0.25) is 5.02 Å².